The number of benzene rings is 1. The number of amides is 1. The lowest BCUT2D eigenvalue weighted by Crippen LogP contribution is -2.48. The molecule has 1 N–H and O–H groups in total. The van der Waals surface area contributed by atoms with E-state index in [0.29, 0.717) is 18.2 Å². The molecule has 104 valence electrons. The fraction of sp³-hybridized carbons (Fsp3) is 0.467. The third-order valence-electron chi connectivity index (χ3n) is 4.55. The van der Waals surface area contributed by atoms with Crippen LogP contribution in [0, 0.1) is 11.3 Å². The molecule has 1 amide bonds. The maximum atomic E-state index is 11.1. The maximum Gasteiger partial charge on any atom is 0.407 e. The predicted octanol–water partition coefficient (Wildman–Crippen LogP) is 2.06. The van der Waals surface area contributed by atoms with Crippen molar-refractivity contribution in [3.63, 3.8) is 0 Å². The summed E-state index contributed by atoms with van der Waals surface area (Å²) in [7, 11) is 0. The molecule has 0 aliphatic carbocycles. The molecule has 3 unspecified atom stereocenters. The van der Waals surface area contributed by atoms with Crippen molar-refractivity contribution in [1.82, 2.24) is 9.80 Å². The summed E-state index contributed by atoms with van der Waals surface area (Å²) in [6.07, 6.45) is 0.135. The van der Waals surface area contributed by atoms with Crippen molar-refractivity contribution in [2.24, 2.45) is 0 Å². The Morgan fingerprint density at radius 1 is 1.35 bits per heavy atom. The zero-order valence-corrected chi connectivity index (χ0v) is 11.4. The third-order valence-corrected chi connectivity index (χ3v) is 4.55. The van der Waals surface area contributed by atoms with Crippen LogP contribution in [-0.2, 0) is 0 Å². The molecule has 2 saturated heterocycles. The van der Waals surface area contributed by atoms with Crippen LogP contribution in [-0.4, -0.2) is 46.2 Å². The fourth-order valence-electron chi connectivity index (χ4n) is 3.43. The summed E-state index contributed by atoms with van der Waals surface area (Å²) in [6, 6.07) is 10.5. The van der Waals surface area contributed by atoms with Crippen molar-refractivity contribution in [3.8, 4) is 6.07 Å². The van der Waals surface area contributed by atoms with E-state index in [9.17, 15) is 4.79 Å². The first-order valence-corrected chi connectivity index (χ1v) is 6.85. The first-order valence-electron chi connectivity index (χ1n) is 6.85. The minimum atomic E-state index is -0.803. The molecular weight excluding hydrogens is 254 g/mol. The van der Waals surface area contributed by atoms with Crippen molar-refractivity contribution in [1.29, 1.82) is 5.26 Å². The van der Waals surface area contributed by atoms with Crippen LogP contribution < -0.4 is 0 Å². The summed E-state index contributed by atoms with van der Waals surface area (Å²) in [5.74, 6) is 0. The Morgan fingerprint density at radius 3 is 2.55 bits per heavy atom. The molecule has 0 spiro atoms. The first-order chi connectivity index (χ1) is 9.60. The van der Waals surface area contributed by atoms with Gasteiger partial charge in [-0.3, -0.25) is 4.90 Å². The highest BCUT2D eigenvalue weighted by Crippen LogP contribution is 2.36. The molecule has 0 aromatic heterocycles. The SMILES string of the molecule is CC(c1ccc(C#N)cc1)N1CC2CC1CN2C(=O)O. The van der Waals surface area contributed by atoms with Crippen molar-refractivity contribution in [2.75, 3.05) is 13.1 Å². The van der Waals surface area contributed by atoms with E-state index in [1.54, 1.807) is 4.90 Å². The van der Waals surface area contributed by atoms with Crippen LogP contribution in [0.3, 0.4) is 0 Å². The lowest BCUT2D eigenvalue weighted by molar-refractivity contribution is 0.0862. The quantitative estimate of drug-likeness (QED) is 0.894. The van der Waals surface area contributed by atoms with Gasteiger partial charge in [0.2, 0.25) is 0 Å². The summed E-state index contributed by atoms with van der Waals surface area (Å²) in [6.45, 7) is 3.56. The third kappa shape index (κ3) is 2.02. The van der Waals surface area contributed by atoms with E-state index >= 15 is 0 Å². The molecule has 5 nitrogen and oxygen atoms in total. The normalized spacial score (nSPS) is 26.5. The highest BCUT2D eigenvalue weighted by atomic mass is 16.4. The minimum Gasteiger partial charge on any atom is -0.465 e. The zero-order chi connectivity index (χ0) is 14.3. The molecule has 2 fully saturated rings. The van der Waals surface area contributed by atoms with E-state index in [2.05, 4.69) is 17.9 Å². The highest BCUT2D eigenvalue weighted by molar-refractivity contribution is 5.66. The monoisotopic (exact) mass is 271 g/mol. The van der Waals surface area contributed by atoms with E-state index in [0.717, 1.165) is 13.0 Å². The summed E-state index contributed by atoms with van der Waals surface area (Å²) in [4.78, 5) is 15.0. The molecule has 2 bridgehead atoms. The van der Waals surface area contributed by atoms with Crippen LogP contribution in [0.5, 0.6) is 0 Å². The average Bonchev–Trinajstić information content (AvgIpc) is 3.06. The van der Waals surface area contributed by atoms with Crippen LogP contribution >= 0.6 is 0 Å². The van der Waals surface area contributed by atoms with Gasteiger partial charge in [0.15, 0.2) is 0 Å². The number of nitrogens with zero attached hydrogens (tertiary/aromatic N) is 3. The molecule has 2 heterocycles. The molecule has 2 aliphatic rings. The van der Waals surface area contributed by atoms with E-state index in [4.69, 9.17) is 10.4 Å². The second-order valence-electron chi connectivity index (χ2n) is 5.58. The number of hydrogen-bond donors (Lipinski definition) is 1. The smallest absolute Gasteiger partial charge is 0.407 e. The standard InChI is InChI=1S/C15H17N3O2/c1-10(12-4-2-11(7-16)3-5-12)17-8-14-6-13(17)9-18(14)15(19)20/h2-5,10,13-14H,6,8-9H2,1H3,(H,19,20). The molecule has 0 saturated carbocycles. The van der Waals surface area contributed by atoms with Gasteiger partial charge in [0.1, 0.15) is 0 Å². The summed E-state index contributed by atoms with van der Waals surface area (Å²) in [5, 5.41) is 17.9. The van der Waals surface area contributed by atoms with Gasteiger partial charge in [-0.2, -0.15) is 5.26 Å². The van der Waals surface area contributed by atoms with Crippen LogP contribution in [0.15, 0.2) is 24.3 Å². The molecule has 0 radical (unpaired) electrons. The van der Waals surface area contributed by atoms with Gasteiger partial charge in [0.25, 0.3) is 0 Å². The number of hydrogen-bond acceptors (Lipinski definition) is 3. The average molecular weight is 271 g/mol. The van der Waals surface area contributed by atoms with Gasteiger partial charge in [0, 0.05) is 31.2 Å². The Labute approximate surface area is 118 Å². The number of piperazine rings is 1. The van der Waals surface area contributed by atoms with Crippen LogP contribution in [0.1, 0.15) is 30.5 Å². The van der Waals surface area contributed by atoms with Crippen molar-refractivity contribution in [3.05, 3.63) is 35.4 Å². The molecule has 2 aliphatic heterocycles. The summed E-state index contributed by atoms with van der Waals surface area (Å²) < 4.78 is 0. The molecule has 3 atom stereocenters. The fourth-order valence-corrected chi connectivity index (χ4v) is 3.43. The Hall–Kier alpha value is -2.06. The molecule has 1 aromatic carbocycles. The Morgan fingerprint density at radius 2 is 2.05 bits per heavy atom. The maximum absolute atomic E-state index is 11.1. The van der Waals surface area contributed by atoms with Gasteiger partial charge in [-0.25, -0.2) is 4.79 Å². The second kappa shape index (κ2) is 4.80. The van der Waals surface area contributed by atoms with Crippen LogP contribution in [0.4, 0.5) is 4.79 Å². The summed E-state index contributed by atoms with van der Waals surface area (Å²) >= 11 is 0. The van der Waals surface area contributed by atoms with Crippen molar-refractivity contribution >= 4 is 6.09 Å². The number of rotatable bonds is 2. The Kier molecular flexibility index (Phi) is 3.11. The number of fused-ring (bicyclic) bond motifs is 2. The van der Waals surface area contributed by atoms with E-state index in [1.807, 2.05) is 24.3 Å². The van der Waals surface area contributed by atoms with Gasteiger partial charge < -0.3 is 10.0 Å². The number of likely N-dealkylation sites (tertiary alicyclic amines) is 2. The number of nitriles is 1. The van der Waals surface area contributed by atoms with Gasteiger partial charge in [-0.15, -0.1) is 0 Å². The zero-order valence-electron chi connectivity index (χ0n) is 11.4. The van der Waals surface area contributed by atoms with E-state index in [-0.39, 0.29) is 12.1 Å². The van der Waals surface area contributed by atoms with Crippen molar-refractivity contribution < 1.29 is 9.90 Å². The summed E-state index contributed by atoms with van der Waals surface area (Å²) in [5.41, 5.74) is 1.85. The van der Waals surface area contributed by atoms with Gasteiger partial charge >= 0.3 is 6.09 Å². The van der Waals surface area contributed by atoms with E-state index < -0.39 is 6.09 Å². The number of carbonyl (C=O) groups is 1. The molecular formula is C15H17N3O2. The van der Waals surface area contributed by atoms with Crippen molar-refractivity contribution in [2.45, 2.75) is 31.5 Å². The molecule has 20 heavy (non-hydrogen) atoms. The minimum absolute atomic E-state index is 0.137. The molecule has 5 heteroatoms. The lowest BCUT2D eigenvalue weighted by atomic mass is 10.0. The Balaban J connectivity index is 1.72. The predicted molar refractivity (Wildman–Crippen MR) is 73.2 cm³/mol. The highest BCUT2D eigenvalue weighted by Gasteiger charge is 2.46. The first kappa shape index (κ1) is 12.9. The lowest BCUT2D eigenvalue weighted by Gasteiger charge is -2.36. The van der Waals surface area contributed by atoms with Crippen LogP contribution in [0.25, 0.3) is 0 Å². The second-order valence-corrected chi connectivity index (χ2v) is 5.58. The van der Waals surface area contributed by atoms with Gasteiger partial charge in [0.05, 0.1) is 11.6 Å². The Bertz CT molecular complexity index is 563. The number of carboxylic acid groups (broad SMARTS) is 1. The molecule has 1 aromatic rings. The van der Waals surface area contributed by atoms with Crippen LogP contribution in [0.2, 0.25) is 0 Å². The largest absolute Gasteiger partial charge is 0.465 e. The topological polar surface area (TPSA) is 67.6 Å². The van der Waals surface area contributed by atoms with Gasteiger partial charge in [-0.1, -0.05) is 12.1 Å². The van der Waals surface area contributed by atoms with Gasteiger partial charge in [-0.05, 0) is 31.0 Å². The molecule has 3 rings (SSSR count). The van der Waals surface area contributed by atoms with E-state index in [1.165, 1.54) is 5.56 Å².